The molecule has 0 fully saturated rings. The standard InChI is InChI=1S/C8H6Si2/c1-2-6-4-3-5-7(9)8(6)10/h2-5H,1H2. The zero-order chi connectivity index (χ0) is 7.56. The molecule has 2 heteroatoms. The minimum Gasteiger partial charge on any atom is -0.0985 e. The minimum absolute atomic E-state index is 1.05. The second-order valence-corrected chi connectivity index (χ2v) is 3.01. The summed E-state index contributed by atoms with van der Waals surface area (Å²) in [5.74, 6) is 0. The van der Waals surface area contributed by atoms with E-state index in [4.69, 9.17) is 0 Å². The largest absolute Gasteiger partial charge is 0.0985 e. The van der Waals surface area contributed by atoms with Crippen molar-refractivity contribution in [2.24, 2.45) is 0 Å². The van der Waals surface area contributed by atoms with Gasteiger partial charge in [-0.25, -0.2) is 0 Å². The number of hydrogen-bond donors (Lipinski definition) is 0. The van der Waals surface area contributed by atoms with E-state index in [-0.39, 0.29) is 0 Å². The number of hydrogen-bond acceptors (Lipinski definition) is 0. The summed E-state index contributed by atoms with van der Waals surface area (Å²) in [6.45, 7) is 3.68. The molecule has 0 saturated heterocycles. The molecule has 6 radical (unpaired) electrons. The highest BCUT2D eigenvalue weighted by Gasteiger charge is 1.94. The summed E-state index contributed by atoms with van der Waals surface area (Å²) in [5.41, 5.74) is 1.10. The highest BCUT2D eigenvalue weighted by atomic mass is 28.2. The van der Waals surface area contributed by atoms with Crippen LogP contribution in [0.2, 0.25) is 0 Å². The van der Waals surface area contributed by atoms with E-state index in [2.05, 4.69) is 27.1 Å². The third-order valence-corrected chi connectivity index (χ3v) is 2.54. The smallest absolute Gasteiger partial charge is 0.0718 e. The van der Waals surface area contributed by atoms with Crippen molar-refractivity contribution < 1.29 is 0 Å². The van der Waals surface area contributed by atoms with Gasteiger partial charge in [0.15, 0.2) is 0 Å². The normalized spacial score (nSPS) is 9.40. The fraction of sp³-hybridized carbons (Fsp3) is 0. The van der Waals surface area contributed by atoms with Crippen molar-refractivity contribution in [1.82, 2.24) is 0 Å². The van der Waals surface area contributed by atoms with Crippen molar-refractivity contribution >= 4 is 36.9 Å². The first kappa shape index (κ1) is 7.50. The average Bonchev–Trinajstić information content (AvgIpc) is 1.95. The molecule has 0 saturated carbocycles. The Morgan fingerprint density at radius 1 is 1.30 bits per heavy atom. The lowest BCUT2D eigenvalue weighted by Crippen LogP contribution is -2.27. The van der Waals surface area contributed by atoms with E-state index in [0.29, 0.717) is 0 Å². The first-order valence-electron chi connectivity index (χ1n) is 2.94. The molecule has 0 amide bonds. The summed E-state index contributed by atoms with van der Waals surface area (Å²) in [7, 11) is 6.91. The Balaban J connectivity index is 3.27. The van der Waals surface area contributed by atoms with Gasteiger partial charge in [0, 0.05) is 0 Å². The Kier molecular flexibility index (Phi) is 2.24. The lowest BCUT2D eigenvalue weighted by atomic mass is 10.2. The SMILES string of the molecule is C=Cc1cccc([Si])c1[Si]. The van der Waals surface area contributed by atoms with Crippen LogP contribution in [-0.2, 0) is 0 Å². The molecule has 0 heterocycles. The maximum Gasteiger partial charge on any atom is 0.0718 e. The van der Waals surface area contributed by atoms with E-state index < -0.39 is 0 Å². The van der Waals surface area contributed by atoms with Gasteiger partial charge in [-0.3, -0.25) is 0 Å². The summed E-state index contributed by atoms with van der Waals surface area (Å²) in [6.07, 6.45) is 1.81. The van der Waals surface area contributed by atoms with Gasteiger partial charge in [0.25, 0.3) is 0 Å². The van der Waals surface area contributed by atoms with Crippen molar-refractivity contribution in [2.45, 2.75) is 0 Å². The predicted octanol–water partition coefficient (Wildman–Crippen LogP) is -0.0828. The number of benzene rings is 1. The summed E-state index contributed by atoms with van der Waals surface area (Å²) in [4.78, 5) is 0. The molecule has 0 aliphatic heterocycles. The third-order valence-electron chi connectivity index (χ3n) is 1.32. The molecule has 1 aromatic carbocycles. The molecule has 0 N–H and O–H groups in total. The minimum atomic E-state index is 1.05. The van der Waals surface area contributed by atoms with Crippen LogP contribution in [0.3, 0.4) is 0 Å². The molecule has 46 valence electrons. The van der Waals surface area contributed by atoms with Crippen molar-refractivity contribution in [3.63, 3.8) is 0 Å². The van der Waals surface area contributed by atoms with Gasteiger partial charge in [0.05, 0.1) is 20.5 Å². The highest BCUT2D eigenvalue weighted by molar-refractivity contribution is 6.49. The molecule has 0 aliphatic carbocycles. The van der Waals surface area contributed by atoms with Gasteiger partial charge in [-0.2, -0.15) is 0 Å². The molecule has 1 rings (SSSR count). The predicted molar refractivity (Wildman–Crippen MR) is 47.3 cm³/mol. The van der Waals surface area contributed by atoms with Crippen LogP contribution in [0.5, 0.6) is 0 Å². The van der Waals surface area contributed by atoms with E-state index >= 15 is 0 Å². The van der Waals surface area contributed by atoms with Gasteiger partial charge < -0.3 is 0 Å². The Morgan fingerprint density at radius 3 is 2.50 bits per heavy atom. The Bertz CT molecular complexity index is 253. The first-order chi connectivity index (χ1) is 4.75. The fourth-order valence-corrected chi connectivity index (χ4v) is 1.25. The van der Waals surface area contributed by atoms with Crippen LogP contribution in [0.15, 0.2) is 24.8 Å². The van der Waals surface area contributed by atoms with Crippen molar-refractivity contribution in [2.75, 3.05) is 0 Å². The first-order valence-corrected chi connectivity index (χ1v) is 3.94. The van der Waals surface area contributed by atoms with Crippen LogP contribution in [0, 0.1) is 0 Å². The zero-order valence-electron chi connectivity index (χ0n) is 5.52. The van der Waals surface area contributed by atoms with Gasteiger partial charge in [0.1, 0.15) is 0 Å². The Hall–Kier alpha value is -0.606. The van der Waals surface area contributed by atoms with Gasteiger partial charge in [-0.1, -0.05) is 41.2 Å². The highest BCUT2D eigenvalue weighted by Crippen LogP contribution is 1.92. The topological polar surface area (TPSA) is 0 Å². The lowest BCUT2D eigenvalue weighted by molar-refractivity contribution is 1.77. The molecule has 0 aromatic heterocycles. The molecule has 1 aromatic rings. The van der Waals surface area contributed by atoms with Crippen molar-refractivity contribution in [3.05, 3.63) is 30.3 Å². The maximum absolute atomic E-state index is 3.68. The van der Waals surface area contributed by atoms with Gasteiger partial charge >= 0.3 is 0 Å². The van der Waals surface area contributed by atoms with Gasteiger partial charge in [0.2, 0.25) is 0 Å². The summed E-state index contributed by atoms with van der Waals surface area (Å²) in [5, 5.41) is 2.10. The molecule has 0 spiro atoms. The van der Waals surface area contributed by atoms with Gasteiger partial charge in [-0.15, -0.1) is 0 Å². The summed E-state index contributed by atoms with van der Waals surface area (Å²) in [6, 6.07) is 5.95. The summed E-state index contributed by atoms with van der Waals surface area (Å²) < 4.78 is 0. The van der Waals surface area contributed by atoms with Crippen LogP contribution >= 0.6 is 0 Å². The second kappa shape index (κ2) is 2.99. The summed E-state index contributed by atoms with van der Waals surface area (Å²) >= 11 is 0. The Morgan fingerprint density at radius 2 is 2.00 bits per heavy atom. The molecule has 0 unspecified atom stereocenters. The van der Waals surface area contributed by atoms with Crippen LogP contribution < -0.4 is 10.4 Å². The van der Waals surface area contributed by atoms with E-state index in [0.717, 1.165) is 15.9 Å². The molecule has 0 atom stereocenters. The molecular weight excluding hydrogens is 152 g/mol. The van der Waals surface area contributed by atoms with E-state index in [9.17, 15) is 0 Å². The monoisotopic (exact) mass is 158 g/mol. The molecule has 10 heavy (non-hydrogen) atoms. The lowest BCUT2D eigenvalue weighted by Gasteiger charge is -2.01. The second-order valence-electron chi connectivity index (χ2n) is 1.97. The van der Waals surface area contributed by atoms with Crippen LogP contribution in [0.4, 0.5) is 0 Å². The van der Waals surface area contributed by atoms with E-state index in [1.807, 2.05) is 24.3 Å². The van der Waals surface area contributed by atoms with Crippen LogP contribution in [0.25, 0.3) is 6.08 Å². The molecule has 0 bridgehead atoms. The van der Waals surface area contributed by atoms with Crippen LogP contribution in [0.1, 0.15) is 5.56 Å². The fourth-order valence-electron chi connectivity index (χ4n) is 0.740. The van der Waals surface area contributed by atoms with Crippen LogP contribution in [-0.4, -0.2) is 20.5 Å². The van der Waals surface area contributed by atoms with E-state index in [1.54, 1.807) is 0 Å². The van der Waals surface area contributed by atoms with Crippen molar-refractivity contribution in [1.29, 1.82) is 0 Å². The maximum atomic E-state index is 3.68. The van der Waals surface area contributed by atoms with Gasteiger partial charge in [-0.05, 0) is 5.56 Å². The quantitative estimate of drug-likeness (QED) is 0.501. The zero-order valence-corrected chi connectivity index (χ0v) is 7.52. The molecule has 0 nitrogen and oxygen atoms in total. The van der Waals surface area contributed by atoms with E-state index in [1.165, 1.54) is 0 Å². The molecule has 0 aliphatic rings. The average molecular weight is 158 g/mol. The Labute approximate surface area is 67.8 Å². The van der Waals surface area contributed by atoms with Crippen molar-refractivity contribution in [3.8, 4) is 0 Å². The third kappa shape index (κ3) is 1.28. The number of rotatable bonds is 1. The molecular formula is C8H6Si2.